The molecule has 21 heavy (non-hydrogen) atoms. The third kappa shape index (κ3) is 3.31. The number of nitrogens with zero attached hydrogens (tertiary/aromatic N) is 1. The van der Waals surface area contributed by atoms with E-state index in [0.717, 1.165) is 0 Å². The third-order valence-electron chi connectivity index (χ3n) is 2.83. The van der Waals surface area contributed by atoms with Gasteiger partial charge in [0.25, 0.3) is 5.56 Å². The van der Waals surface area contributed by atoms with E-state index >= 15 is 0 Å². The minimum absolute atomic E-state index is 0.0122. The van der Waals surface area contributed by atoms with Crippen molar-refractivity contribution in [1.82, 2.24) is 9.97 Å². The number of rotatable bonds is 3. The van der Waals surface area contributed by atoms with E-state index in [1.807, 2.05) is 13.8 Å². The first-order chi connectivity index (χ1) is 10.0. The maximum Gasteiger partial charge on any atom is 0.337 e. The third-order valence-corrected chi connectivity index (χ3v) is 2.83. The lowest BCUT2D eigenvalue weighted by molar-refractivity contribution is 0.255. The minimum Gasteiger partial charge on any atom is -0.448 e. The summed E-state index contributed by atoms with van der Waals surface area (Å²) in [4.78, 5) is 30.2. The van der Waals surface area contributed by atoms with E-state index in [1.165, 1.54) is 6.07 Å². The predicted octanol–water partition coefficient (Wildman–Crippen LogP) is 1.62. The second kappa shape index (κ2) is 6.27. The quantitative estimate of drug-likeness (QED) is 0.867. The number of nitrogens with one attached hydrogen (secondary N) is 1. The first-order valence-corrected chi connectivity index (χ1v) is 6.77. The molecule has 0 saturated carbocycles. The first kappa shape index (κ1) is 14.9. The number of fused-ring (bicyclic) bond motifs is 1. The molecule has 0 aliphatic rings. The fraction of sp³-hybridized carbons (Fsp3) is 0.400. The molecule has 2 aromatic heterocycles. The normalized spacial score (nSPS) is 11.8. The van der Waals surface area contributed by atoms with Crippen LogP contribution in [0, 0.1) is 11.8 Å². The van der Waals surface area contributed by atoms with Gasteiger partial charge in [0, 0.05) is 12.5 Å². The van der Waals surface area contributed by atoms with E-state index in [4.69, 9.17) is 9.15 Å². The van der Waals surface area contributed by atoms with Crippen LogP contribution >= 0.6 is 0 Å². The summed E-state index contributed by atoms with van der Waals surface area (Å²) in [6, 6.07) is 1.29. The highest BCUT2D eigenvalue weighted by Crippen LogP contribution is 2.13. The van der Waals surface area contributed by atoms with Gasteiger partial charge in [-0.1, -0.05) is 25.7 Å². The molecule has 0 spiro atoms. The van der Waals surface area contributed by atoms with Crippen molar-refractivity contribution in [2.45, 2.75) is 39.7 Å². The van der Waals surface area contributed by atoms with E-state index in [0.29, 0.717) is 18.4 Å². The van der Waals surface area contributed by atoms with Gasteiger partial charge in [-0.2, -0.15) is 4.98 Å². The smallest absolute Gasteiger partial charge is 0.337 e. The molecule has 1 N–H and O–H groups in total. The first-order valence-electron chi connectivity index (χ1n) is 6.77. The van der Waals surface area contributed by atoms with Crippen LogP contribution in [0.25, 0.3) is 11.1 Å². The Bertz CT molecular complexity index is 823. The van der Waals surface area contributed by atoms with Crippen LogP contribution < -0.4 is 15.9 Å². The summed E-state index contributed by atoms with van der Waals surface area (Å²) >= 11 is 0. The van der Waals surface area contributed by atoms with Gasteiger partial charge in [0.05, 0.1) is 0 Å². The standard InChI is InChI=1S/C15H16N2O4/c1-4-6-7-9(3)20-15-16-13(19)12-10(5-2)8-11(18)21-14(12)17-15/h8-9H,4-5H2,1-3H3,(H,16,17,19). The largest absolute Gasteiger partial charge is 0.448 e. The summed E-state index contributed by atoms with van der Waals surface area (Å²) in [7, 11) is 0. The van der Waals surface area contributed by atoms with Crippen LogP contribution in [-0.4, -0.2) is 16.1 Å². The highest BCUT2D eigenvalue weighted by atomic mass is 16.5. The Hall–Kier alpha value is -2.55. The van der Waals surface area contributed by atoms with Gasteiger partial charge in [0.2, 0.25) is 5.71 Å². The summed E-state index contributed by atoms with van der Waals surface area (Å²) in [5.74, 6) is 5.73. The van der Waals surface area contributed by atoms with Crippen molar-refractivity contribution in [1.29, 1.82) is 0 Å². The molecule has 6 heteroatoms. The monoisotopic (exact) mass is 288 g/mol. The molecule has 2 heterocycles. The van der Waals surface area contributed by atoms with Crippen LogP contribution in [0.1, 0.15) is 32.8 Å². The fourth-order valence-electron chi connectivity index (χ4n) is 1.91. The highest BCUT2D eigenvalue weighted by molar-refractivity contribution is 5.75. The molecule has 1 atom stereocenters. The molecule has 2 rings (SSSR count). The number of ether oxygens (including phenoxy) is 1. The second-order valence-electron chi connectivity index (χ2n) is 4.43. The van der Waals surface area contributed by atoms with Crippen LogP contribution in [0.15, 0.2) is 20.1 Å². The van der Waals surface area contributed by atoms with Gasteiger partial charge < -0.3 is 9.15 Å². The topological polar surface area (TPSA) is 85.2 Å². The van der Waals surface area contributed by atoms with E-state index in [9.17, 15) is 9.59 Å². The van der Waals surface area contributed by atoms with Crippen molar-refractivity contribution in [3.8, 4) is 17.9 Å². The van der Waals surface area contributed by atoms with Crippen molar-refractivity contribution < 1.29 is 9.15 Å². The maximum absolute atomic E-state index is 12.1. The summed E-state index contributed by atoms with van der Waals surface area (Å²) < 4.78 is 10.4. The average Bonchev–Trinajstić information content (AvgIpc) is 2.43. The molecule has 0 fully saturated rings. The van der Waals surface area contributed by atoms with Gasteiger partial charge in [-0.15, -0.1) is 0 Å². The number of aryl methyl sites for hydroxylation is 1. The molecule has 1 unspecified atom stereocenters. The number of hydrogen-bond donors (Lipinski definition) is 1. The van der Waals surface area contributed by atoms with E-state index in [2.05, 4.69) is 21.8 Å². The van der Waals surface area contributed by atoms with Crippen LogP contribution in [0.4, 0.5) is 0 Å². The molecule has 0 aromatic carbocycles. The lowest BCUT2D eigenvalue weighted by Crippen LogP contribution is -2.18. The second-order valence-corrected chi connectivity index (χ2v) is 4.43. The van der Waals surface area contributed by atoms with Crippen LogP contribution in [-0.2, 0) is 6.42 Å². The maximum atomic E-state index is 12.1. The van der Waals surface area contributed by atoms with Crippen molar-refractivity contribution in [3.63, 3.8) is 0 Å². The van der Waals surface area contributed by atoms with Crippen molar-refractivity contribution in [3.05, 3.63) is 32.4 Å². The van der Waals surface area contributed by atoms with Gasteiger partial charge in [-0.25, -0.2) is 4.79 Å². The minimum atomic E-state index is -0.540. The predicted molar refractivity (Wildman–Crippen MR) is 78.4 cm³/mol. The average molecular weight is 288 g/mol. The van der Waals surface area contributed by atoms with Crippen molar-refractivity contribution >= 4 is 11.1 Å². The molecular weight excluding hydrogens is 272 g/mol. The molecule has 110 valence electrons. The molecule has 6 nitrogen and oxygen atoms in total. The van der Waals surface area contributed by atoms with Crippen LogP contribution in [0.3, 0.4) is 0 Å². The number of aromatic amines is 1. The zero-order chi connectivity index (χ0) is 15.4. The molecule has 0 aliphatic heterocycles. The van der Waals surface area contributed by atoms with E-state index in [1.54, 1.807) is 6.92 Å². The molecule has 0 saturated heterocycles. The van der Waals surface area contributed by atoms with Gasteiger partial charge in [0.1, 0.15) is 5.39 Å². The van der Waals surface area contributed by atoms with Crippen LogP contribution in [0.2, 0.25) is 0 Å². The molecule has 0 bridgehead atoms. The summed E-state index contributed by atoms with van der Waals surface area (Å²) in [6.45, 7) is 5.52. The Morgan fingerprint density at radius 3 is 2.86 bits per heavy atom. The molecule has 2 aromatic rings. The van der Waals surface area contributed by atoms with Crippen LogP contribution in [0.5, 0.6) is 6.01 Å². The summed E-state index contributed by atoms with van der Waals surface area (Å²) in [5.41, 5.74) is -0.359. The highest BCUT2D eigenvalue weighted by Gasteiger charge is 2.13. The summed E-state index contributed by atoms with van der Waals surface area (Å²) in [6.07, 6.45) is 0.821. The molecule has 0 aliphatic carbocycles. The Morgan fingerprint density at radius 2 is 2.19 bits per heavy atom. The zero-order valence-electron chi connectivity index (χ0n) is 12.1. The lowest BCUT2D eigenvalue weighted by Gasteiger charge is -2.08. The Labute approximate surface area is 121 Å². The lowest BCUT2D eigenvalue weighted by atomic mass is 10.1. The SMILES string of the molecule is CCC#CC(C)Oc1nc2oc(=O)cc(CC)c2c(=O)[nH]1. The van der Waals surface area contributed by atoms with Gasteiger partial charge in [0.15, 0.2) is 6.10 Å². The van der Waals surface area contributed by atoms with E-state index < -0.39 is 17.3 Å². The molecule has 0 amide bonds. The molecular formula is C15H16N2O4. The van der Waals surface area contributed by atoms with Gasteiger partial charge in [-0.3, -0.25) is 9.78 Å². The van der Waals surface area contributed by atoms with Crippen molar-refractivity contribution in [2.75, 3.05) is 0 Å². The Kier molecular flexibility index (Phi) is 4.43. The number of aromatic nitrogens is 2. The van der Waals surface area contributed by atoms with Gasteiger partial charge >= 0.3 is 11.6 Å². The fourth-order valence-corrected chi connectivity index (χ4v) is 1.91. The molecule has 0 radical (unpaired) electrons. The van der Waals surface area contributed by atoms with Crippen molar-refractivity contribution in [2.24, 2.45) is 0 Å². The summed E-state index contributed by atoms with van der Waals surface area (Å²) in [5, 5.41) is 0.275. The van der Waals surface area contributed by atoms with E-state index in [-0.39, 0.29) is 17.1 Å². The Morgan fingerprint density at radius 1 is 1.43 bits per heavy atom. The number of H-pyrrole nitrogens is 1. The van der Waals surface area contributed by atoms with Gasteiger partial charge in [-0.05, 0) is 18.9 Å². The zero-order valence-corrected chi connectivity index (χ0v) is 12.1. The Balaban J connectivity index is 2.50. The number of hydrogen-bond acceptors (Lipinski definition) is 5.